The van der Waals surface area contributed by atoms with Crippen LogP contribution in [-0.4, -0.2) is 15.5 Å². The summed E-state index contributed by atoms with van der Waals surface area (Å²) in [4.78, 5) is 17.5. The van der Waals surface area contributed by atoms with Crippen molar-refractivity contribution >= 4 is 40.1 Å². The molecule has 4 aromatic carbocycles. The Labute approximate surface area is 214 Å². The molecule has 1 aromatic heterocycles. The summed E-state index contributed by atoms with van der Waals surface area (Å²) in [6, 6.07) is 31.8. The Bertz CT molecular complexity index is 1480. The summed E-state index contributed by atoms with van der Waals surface area (Å²) >= 11 is 12.3. The first-order valence-electron chi connectivity index (χ1n) is 11.4. The number of fused-ring (bicyclic) bond motifs is 1. The Hall–Kier alpha value is -3.60. The van der Waals surface area contributed by atoms with Crippen molar-refractivity contribution in [1.29, 1.82) is 0 Å². The van der Waals surface area contributed by atoms with Gasteiger partial charge in [0.2, 0.25) is 5.91 Å². The first-order chi connectivity index (χ1) is 17.1. The fourth-order valence-electron chi connectivity index (χ4n) is 4.13. The third-order valence-corrected chi connectivity index (χ3v) is 6.67. The highest BCUT2D eigenvalue weighted by Crippen LogP contribution is 2.25. The van der Waals surface area contributed by atoms with Gasteiger partial charge in [-0.05, 0) is 46.5 Å². The van der Waals surface area contributed by atoms with Gasteiger partial charge in [0, 0.05) is 6.54 Å². The molecule has 0 bridgehead atoms. The van der Waals surface area contributed by atoms with Crippen LogP contribution in [0.5, 0.6) is 0 Å². The topological polar surface area (TPSA) is 46.9 Å². The first-order valence-corrected chi connectivity index (χ1v) is 12.1. The Balaban J connectivity index is 1.29. The maximum atomic E-state index is 12.7. The van der Waals surface area contributed by atoms with Gasteiger partial charge in [0.1, 0.15) is 5.82 Å². The number of amides is 1. The molecule has 1 heterocycles. The third kappa shape index (κ3) is 5.40. The second kappa shape index (κ2) is 10.3. The fourth-order valence-corrected chi connectivity index (χ4v) is 4.45. The second-order valence-electron chi connectivity index (χ2n) is 8.37. The van der Waals surface area contributed by atoms with Crippen LogP contribution in [-0.2, 0) is 24.3 Å². The van der Waals surface area contributed by atoms with Crippen molar-refractivity contribution in [1.82, 2.24) is 14.9 Å². The lowest BCUT2D eigenvalue weighted by atomic mass is 10.0. The number of para-hydroxylation sites is 2. The molecular formula is C29H23Cl2N3O. The zero-order valence-corrected chi connectivity index (χ0v) is 20.4. The lowest BCUT2D eigenvalue weighted by molar-refractivity contribution is -0.120. The highest BCUT2D eigenvalue weighted by Gasteiger charge is 2.13. The van der Waals surface area contributed by atoms with E-state index in [2.05, 4.69) is 34.1 Å². The average molecular weight is 500 g/mol. The summed E-state index contributed by atoms with van der Waals surface area (Å²) in [6.07, 6.45) is 0.308. The van der Waals surface area contributed by atoms with E-state index < -0.39 is 0 Å². The Morgan fingerprint density at radius 2 is 1.46 bits per heavy atom. The number of aromatic nitrogens is 2. The number of carbonyl (C=O) groups excluding carboxylic acids is 1. The van der Waals surface area contributed by atoms with E-state index in [1.807, 2.05) is 66.7 Å². The molecule has 0 unspecified atom stereocenters. The Morgan fingerprint density at radius 3 is 2.23 bits per heavy atom. The van der Waals surface area contributed by atoms with Crippen LogP contribution in [0.2, 0.25) is 10.0 Å². The number of imidazole rings is 1. The van der Waals surface area contributed by atoms with Gasteiger partial charge in [-0.3, -0.25) is 4.79 Å². The average Bonchev–Trinajstić information content (AvgIpc) is 3.23. The number of hydrogen-bond donors (Lipinski definition) is 1. The number of hydrogen-bond acceptors (Lipinski definition) is 2. The van der Waals surface area contributed by atoms with Crippen molar-refractivity contribution < 1.29 is 4.79 Å². The standard InChI is InChI=1S/C29H23Cl2N3O/c30-24-15-12-21(16-25(24)31)19-34-27-9-5-4-8-26(27)33-28(34)18-32-29(35)17-20-10-13-23(14-11-20)22-6-2-1-3-7-22/h1-16H,17-19H2,(H,32,35). The lowest BCUT2D eigenvalue weighted by Gasteiger charge is -2.11. The molecule has 1 N–H and O–H groups in total. The molecule has 0 aliphatic rings. The van der Waals surface area contributed by atoms with Crippen molar-refractivity contribution in [3.05, 3.63) is 124 Å². The summed E-state index contributed by atoms with van der Waals surface area (Å²) < 4.78 is 2.10. The number of benzene rings is 4. The molecule has 35 heavy (non-hydrogen) atoms. The molecule has 0 spiro atoms. The van der Waals surface area contributed by atoms with Gasteiger partial charge in [-0.15, -0.1) is 0 Å². The van der Waals surface area contributed by atoms with Crippen LogP contribution in [0.3, 0.4) is 0 Å². The van der Waals surface area contributed by atoms with Crippen LogP contribution < -0.4 is 5.32 Å². The normalized spacial score (nSPS) is 11.0. The molecule has 0 radical (unpaired) electrons. The zero-order valence-electron chi connectivity index (χ0n) is 18.9. The molecule has 0 atom stereocenters. The Morgan fingerprint density at radius 1 is 0.771 bits per heavy atom. The van der Waals surface area contributed by atoms with Gasteiger partial charge >= 0.3 is 0 Å². The molecule has 5 aromatic rings. The molecule has 4 nitrogen and oxygen atoms in total. The second-order valence-corrected chi connectivity index (χ2v) is 9.18. The summed E-state index contributed by atoms with van der Waals surface area (Å²) in [7, 11) is 0. The number of halogens is 2. The smallest absolute Gasteiger partial charge is 0.224 e. The number of rotatable bonds is 7. The van der Waals surface area contributed by atoms with E-state index in [0.717, 1.165) is 39.1 Å². The van der Waals surface area contributed by atoms with Gasteiger partial charge < -0.3 is 9.88 Å². The minimum atomic E-state index is -0.0504. The number of nitrogens with zero attached hydrogens (tertiary/aromatic N) is 2. The van der Waals surface area contributed by atoms with Crippen LogP contribution in [0.4, 0.5) is 0 Å². The van der Waals surface area contributed by atoms with E-state index in [1.54, 1.807) is 6.07 Å². The molecule has 6 heteroatoms. The quantitative estimate of drug-likeness (QED) is 0.264. The van der Waals surface area contributed by atoms with E-state index in [-0.39, 0.29) is 5.91 Å². The maximum absolute atomic E-state index is 12.7. The number of carbonyl (C=O) groups is 1. The van der Waals surface area contributed by atoms with E-state index in [0.29, 0.717) is 29.6 Å². The zero-order chi connectivity index (χ0) is 24.2. The SMILES string of the molecule is O=C(Cc1ccc(-c2ccccc2)cc1)NCc1nc2ccccc2n1Cc1ccc(Cl)c(Cl)c1. The highest BCUT2D eigenvalue weighted by molar-refractivity contribution is 6.42. The largest absolute Gasteiger partial charge is 0.349 e. The van der Waals surface area contributed by atoms with Crippen LogP contribution in [0.1, 0.15) is 17.0 Å². The molecule has 0 aliphatic carbocycles. The lowest BCUT2D eigenvalue weighted by Crippen LogP contribution is -2.26. The van der Waals surface area contributed by atoms with E-state index in [9.17, 15) is 4.79 Å². The van der Waals surface area contributed by atoms with Crippen molar-refractivity contribution in [2.45, 2.75) is 19.5 Å². The monoisotopic (exact) mass is 499 g/mol. The molecule has 1 amide bonds. The molecule has 0 saturated carbocycles. The molecule has 5 rings (SSSR count). The predicted octanol–water partition coefficient (Wildman–Crippen LogP) is 6.92. The molecular weight excluding hydrogens is 477 g/mol. The highest BCUT2D eigenvalue weighted by atomic mass is 35.5. The predicted molar refractivity (Wildman–Crippen MR) is 143 cm³/mol. The molecule has 0 aliphatic heterocycles. The van der Waals surface area contributed by atoms with Crippen LogP contribution in [0.25, 0.3) is 22.2 Å². The Kier molecular flexibility index (Phi) is 6.84. The third-order valence-electron chi connectivity index (χ3n) is 5.93. The van der Waals surface area contributed by atoms with Crippen molar-refractivity contribution in [3.63, 3.8) is 0 Å². The minimum Gasteiger partial charge on any atom is -0.349 e. The molecule has 174 valence electrons. The summed E-state index contributed by atoms with van der Waals surface area (Å²) in [5.41, 5.74) is 6.14. The van der Waals surface area contributed by atoms with Gasteiger partial charge in [0.05, 0.1) is 34.0 Å². The van der Waals surface area contributed by atoms with E-state index >= 15 is 0 Å². The van der Waals surface area contributed by atoms with Crippen LogP contribution in [0, 0.1) is 0 Å². The minimum absolute atomic E-state index is 0.0504. The van der Waals surface area contributed by atoms with Crippen LogP contribution in [0.15, 0.2) is 97.1 Å². The van der Waals surface area contributed by atoms with Gasteiger partial charge in [0.25, 0.3) is 0 Å². The van der Waals surface area contributed by atoms with Crippen molar-refractivity contribution in [2.24, 2.45) is 0 Å². The molecule has 0 fully saturated rings. The number of nitrogens with one attached hydrogen (secondary N) is 1. The first kappa shape index (κ1) is 23.2. The summed E-state index contributed by atoms with van der Waals surface area (Å²) in [5.74, 6) is 0.732. The molecule has 0 saturated heterocycles. The summed E-state index contributed by atoms with van der Waals surface area (Å²) in [6.45, 7) is 0.903. The van der Waals surface area contributed by atoms with E-state index in [4.69, 9.17) is 28.2 Å². The van der Waals surface area contributed by atoms with Gasteiger partial charge in [0.15, 0.2) is 0 Å². The van der Waals surface area contributed by atoms with Crippen LogP contribution >= 0.6 is 23.2 Å². The fraction of sp³-hybridized carbons (Fsp3) is 0.103. The van der Waals surface area contributed by atoms with E-state index in [1.165, 1.54) is 0 Å². The van der Waals surface area contributed by atoms with Crippen molar-refractivity contribution in [2.75, 3.05) is 0 Å². The van der Waals surface area contributed by atoms with Gasteiger partial charge in [-0.1, -0.05) is 96.0 Å². The van der Waals surface area contributed by atoms with Gasteiger partial charge in [-0.25, -0.2) is 4.98 Å². The summed E-state index contributed by atoms with van der Waals surface area (Å²) in [5, 5.41) is 4.07. The maximum Gasteiger partial charge on any atom is 0.224 e. The van der Waals surface area contributed by atoms with Crippen molar-refractivity contribution in [3.8, 4) is 11.1 Å². The van der Waals surface area contributed by atoms with Gasteiger partial charge in [-0.2, -0.15) is 0 Å².